The van der Waals surface area contributed by atoms with Gasteiger partial charge in [-0.15, -0.1) is 10.2 Å². The van der Waals surface area contributed by atoms with Crippen molar-refractivity contribution in [2.24, 2.45) is 0 Å². The van der Waals surface area contributed by atoms with Crippen LogP contribution in [0.2, 0.25) is 0 Å². The van der Waals surface area contributed by atoms with Crippen molar-refractivity contribution in [3.05, 3.63) is 62.7 Å². The Hall–Kier alpha value is -4.82. The van der Waals surface area contributed by atoms with Gasteiger partial charge in [-0.25, -0.2) is 8.78 Å². The Morgan fingerprint density at radius 1 is 0.740 bits per heavy atom. The number of fused-ring (bicyclic) bond motifs is 1. The van der Waals surface area contributed by atoms with Gasteiger partial charge in [-0.2, -0.15) is 0 Å². The molecule has 6 heterocycles. The fourth-order valence-corrected chi connectivity index (χ4v) is 7.59. The third kappa shape index (κ3) is 4.98. The highest BCUT2D eigenvalue weighted by Crippen LogP contribution is 2.43. The quantitative estimate of drug-likeness (QED) is 0.269. The minimum atomic E-state index is -0.529. The van der Waals surface area contributed by atoms with Crippen LogP contribution < -0.4 is 25.4 Å². The molecule has 9 rings (SSSR count). The molecule has 2 saturated heterocycles. The summed E-state index contributed by atoms with van der Waals surface area (Å²) in [4.78, 5) is 36.4. The van der Waals surface area contributed by atoms with Crippen molar-refractivity contribution in [3.8, 4) is 28.7 Å². The van der Waals surface area contributed by atoms with E-state index in [1.165, 1.54) is 12.1 Å². The average molecular weight is 685 g/mol. The molecule has 260 valence electrons. The van der Waals surface area contributed by atoms with Crippen LogP contribution in [0.3, 0.4) is 0 Å². The van der Waals surface area contributed by atoms with Gasteiger partial charge in [-0.3, -0.25) is 9.59 Å². The second kappa shape index (κ2) is 11.6. The maximum absolute atomic E-state index is 15.9. The second-order valence-corrected chi connectivity index (χ2v) is 14.2. The first-order valence-electron chi connectivity index (χ1n) is 17.3. The lowest BCUT2D eigenvalue weighted by Gasteiger charge is -2.37. The van der Waals surface area contributed by atoms with Gasteiger partial charge in [0.25, 0.3) is 11.8 Å². The van der Waals surface area contributed by atoms with Crippen LogP contribution in [0.5, 0.6) is 5.75 Å². The van der Waals surface area contributed by atoms with Gasteiger partial charge in [0.1, 0.15) is 29.2 Å². The Morgan fingerprint density at radius 3 is 1.96 bits per heavy atom. The molecule has 0 radical (unpaired) electrons. The number of halogens is 2. The fourth-order valence-electron chi connectivity index (χ4n) is 7.59. The number of anilines is 2. The van der Waals surface area contributed by atoms with Crippen LogP contribution in [0, 0.1) is 11.6 Å². The molecule has 1 atom stereocenters. The van der Waals surface area contributed by atoms with E-state index in [0.29, 0.717) is 54.3 Å². The summed E-state index contributed by atoms with van der Waals surface area (Å²) >= 11 is 0. The van der Waals surface area contributed by atoms with Crippen LogP contribution in [-0.2, 0) is 0 Å². The Bertz CT molecular complexity index is 2300. The zero-order valence-corrected chi connectivity index (χ0v) is 28.3. The third-order valence-electron chi connectivity index (χ3n) is 10.7. The molecule has 14 heteroatoms. The van der Waals surface area contributed by atoms with E-state index in [-0.39, 0.29) is 52.4 Å². The Kier molecular flexibility index (Phi) is 7.25. The minimum Gasteiger partial charge on any atom is -0.487 e. The Balaban J connectivity index is 1.14. The van der Waals surface area contributed by atoms with Crippen molar-refractivity contribution >= 4 is 33.2 Å². The van der Waals surface area contributed by atoms with E-state index in [1.54, 1.807) is 18.5 Å². The van der Waals surface area contributed by atoms with Crippen molar-refractivity contribution in [1.82, 2.24) is 29.1 Å². The van der Waals surface area contributed by atoms with Gasteiger partial charge in [-0.05, 0) is 52.1 Å². The van der Waals surface area contributed by atoms with Crippen molar-refractivity contribution in [1.29, 1.82) is 0 Å². The predicted octanol–water partition coefficient (Wildman–Crippen LogP) is 4.10. The summed E-state index contributed by atoms with van der Waals surface area (Å²) in [6.45, 7) is 8.14. The van der Waals surface area contributed by atoms with Gasteiger partial charge in [-0.1, -0.05) is 0 Å². The van der Waals surface area contributed by atoms with Crippen LogP contribution in [0.1, 0.15) is 31.8 Å². The first-order chi connectivity index (χ1) is 24.2. The van der Waals surface area contributed by atoms with E-state index in [2.05, 4.69) is 20.0 Å². The number of hydrogen-bond acceptors (Lipinski definition) is 10. The molecule has 3 aliphatic heterocycles. The molecule has 1 saturated carbocycles. The number of nitrogens with zero attached hydrogens (tertiary/aromatic N) is 8. The molecule has 0 spiro atoms. The monoisotopic (exact) mass is 684 g/mol. The van der Waals surface area contributed by atoms with Crippen LogP contribution >= 0.6 is 0 Å². The molecule has 0 bridgehead atoms. The van der Waals surface area contributed by atoms with Gasteiger partial charge < -0.3 is 37.9 Å². The molecule has 3 aromatic heterocycles. The Morgan fingerprint density at radius 2 is 1.32 bits per heavy atom. The molecule has 0 unspecified atom stereocenters. The van der Waals surface area contributed by atoms with E-state index in [4.69, 9.17) is 9.15 Å². The van der Waals surface area contributed by atoms with Gasteiger partial charge in [0.15, 0.2) is 11.6 Å². The summed E-state index contributed by atoms with van der Waals surface area (Å²) in [5.41, 5.74) is 1.34. The molecule has 3 fully saturated rings. The first-order valence-corrected chi connectivity index (χ1v) is 17.3. The summed E-state index contributed by atoms with van der Waals surface area (Å²) in [5.74, 6) is -0.788. The van der Waals surface area contributed by atoms with Gasteiger partial charge in [0, 0.05) is 76.2 Å². The predicted molar refractivity (Wildman–Crippen MR) is 187 cm³/mol. The highest BCUT2D eigenvalue weighted by Gasteiger charge is 2.32. The second-order valence-electron chi connectivity index (χ2n) is 14.2. The SMILES string of the molecule is C[C@@H]1COc2c(N3CCN(C)CC3)c(F)cc3c(=O)c(-c4nnc(-c5cn(C6CC6)c6cc(N7CCN(C)CC7)c(F)cc6c5=O)o4)cn1c23. The lowest BCUT2D eigenvalue weighted by molar-refractivity contribution is 0.245. The van der Waals surface area contributed by atoms with E-state index in [9.17, 15) is 9.59 Å². The molecule has 12 nitrogen and oxygen atoms in total. The van der Waals surface area contributed by atoms with Gasteiger partial charge in [0.2, 0.25) is 10.9 Å². The number of likely N-dealkylation sites (N-methyl/N-ethyl adjacent to an activating group) is 2. The summed E-state index contributed by atoms with van der Waals surface area (Å²) in [6.07, 6.45) is 5.23. The first kappa shape index (κ1) is 31.2. The average Bonchev–Trinajstić information content (AvgIpc) is 3.84. The number of ether oxygens (including phenoxy) is 1. The zero-order valence-electron chi connectivity index (χ0n) is 28.3. The lowest BCUT2D eigenvalue weighted by atomic mass is 10.1. The molecule has 5 aromatic rings. The smallest absolute Gasteiger partial charge is 0.253 e. The van der Waals surface area contributed by atoms with Gasteiger partial charge >= 0.3 is 0 Å². The number of piperazine rings is 2. The molecule has 0 amide bonds. The summed E-state index contributed by atoms with van der Waals surface area (Å²) in [6, 6.07) is 4.36. The zero-order chi connectivity index (χ0) is 34.4. The fraction of sp³-hybridized carbons (Fsp3) is 0.444. The summed E-state index contributed by atoms with van der Waals surface area (Å²) in [7, 11) is 4.08. The summed E-state index contributed by atoms with van der Waals surface area (Å²) in [5, 5.41) is 8.78. The van der Waals surface area contributed by atoms with Crippen LogP contribution in [-0.4, -0.2) is 102 Å². The van der Waals surface area contributed by atoms with E-state index in [1.807, 2.05) is 40.0 Å². The van der Waals surface area contributed by atoms with Gasteiger partial charge in [0.05, 0.1) is 28.1 Å². The molecule has 2 aromatic carbocycles. The molecule has 1 aliphatic carbocycles. The van der Waals surface area contributed by atoms with Crippen LogP contribution in [0.25, 0.3) is 44.7 Å². The van der Waals surface area contributed by atoms with Crippen molar-refractivity contribution in [2.45, 2.75) is 31.8 Å². The van der Waals surface area contributed by atoms with Crippen LogP contribution in [0.4, 0.5) is 20.2 Å². The molecular weight excluding hydrogens is 646 g/mol. The lowest BCUT2D eigenvalue weighted by Crippen LogP contribution is -2.45. The number of pyridine rings is 2. The molecule has 0 N–H and O–H groups in total. The van der Waals surface area contributed by atoms with Crippen LogP contribution in [0.15, 0.2) is 44.6 Å². The number of rotatable bonds is 5. The maximum atomic E-state index is 15.9. The van der Waals surface area contributed by atoms with Crippen molar-refractivity contribution in [3.63, 3.8) is 0 Å². The third-order valence-corrected chi connectivity index (χ3v) is 10.7. The highest BCUT2D eigenvalue weighted by molar-refractivity contribution is 5.94. The van der Waals surface area contributed by atoms with E-state index < -0.39 is 22.5 Å². The molecule has 50 heavy (non-hydrogen) atoms. The standard InChI is InChI=1S/C36H38F2N8O4/c1-20-19-49-34-30-23(15-27(38)31(34)44-12-8-42(3)9-13-44)33(48)24(17-45(20)30)35-39-40-36(50-35)25-18-46(21-4-5-21)28-16-29(26(37)14-22(28)32(25)47)43-10-6-41(2)7-11-43/h14-18,20-21H,4-13,19H2,1-3H3/t20-/m1/s1. The number of hydrogen-bond donors (Lipinski definition) is 0. The number of aromatic nitrogens is 4. The van der Waals surface area contributed by atoms with E-state index in [0.717, 1.165) is 39.0 Å². The van der Waals surface area contributed by atoms with Crippen molar-refractivity contribution < 1.29 is 17.9 Å². The molecule has 4 aliphatic rings. The Labute approximate surface area is 286 Å². The minimum absolute atomic E-state index is 0.0725. The number of benzene rings is 2. The molecular formula is C36H38F2N8O4. The summed E-state index contributed by atoms with van der Waals surface area (Å²) < 4.78 is 47.7. The highest BCUT2D eigenvalue weighted by atomic mass is 19.1. The largest absolute Gasteiger partial charge is 0.487 e. The topological polar surface area (TPSA) is 105 Å². The van der Waals surface area contributed by atoms with Crippen molar-refractivity contribution in [2.75, 3.05) is 82.9 Å². The maximum Gasteiger partial charge on any atom is 0.253 e. The van der Waals surface area contributed by atoms with E-state index >= 15 is 8.78 Å². The normalized spacial score (nSPS) is 20.2.